The van der Waals surface area contributed by atoms with Crippen molar-refractivity contribution in [1.29, 1.82) is 0 Å². The van der Waals surface area contributed by atoms with Crippen LogP contribution in [0.25, 0.3) is 0 Å². The first kappa shape index (κ1) is 12.4. The second-order valence-corrected chi connectivity index (χ2v) is 4.29. The molecule has 18 heavy (non-hydrogen) atoms. The average Bonchev–Trinajstić information content (AvgIpc) is 2.40. The summed E-state index contributed by atoms with van der Waals surface area (Å²) in [4.78, 5) is 12.4. The van der Waals surface area contributed by atoms with E-state index in [1.807, 2.05) is 30.3 Å². The van der Waals surface area contributed by atoms with Crippen LogP contribution in [0.1, 0.15) is 34.8 Å². The van der Waals surface area contributed by atoms with Gasteiger partial charge in [0.05, 0.1) is 0 Å². The lowest BCUT2D eigenvalue weighted by Crippen LogP contribution is -2.05. The number of carbonyl (C=O) groups excluding carboxylic acids is 1. The van der Waals surface area contributed by atoms with E-state index in [1.165, 1.54) is 0 Å². The monoisotopic (exact) mass is 240 g/mol. The fraction of sp³-hybridized carbons (Fsp3) is 0.188. The Morgan fingerprint density at radius 1 is 1.11 bits per heavy atom. The zero-order chi connectivity index (χ0) is 13.0. The van der Waals surface area contributed by atoms with Gasteiger partial charge in [0.1, 0.15) is 5.75 Å². The van der Waals surface area contributed by atoms with Gasteiger partial charge in [0.2, 0.25) is 0 Å². The maximum atomic E-state index is 12.4. The normalized spacial score (nSPS) is 10.3. The van der Waals surface area contributed by atoms with E-state index in [9.17, 15) is 9.90 Å². The van der Waals surface area contributed by atoms with Crippen LogP contribution >= 0.6 is 0 Å². The van der Waals surface area contributed by atoms with E-state index < -0.39 is 0 Å². The Hall–Kier alpha value is -2.09. The van der Waals surface area contributed by atoms with Gasteiger partial charge in [-0.05, 0) is 30.2 Å². The Labute approximate surface area is 107 Å². The van der Waals surface area contributed by atoms with Crippen LogP contribution in [0.4, 0.5) is 0 Å². The highest BCUT2D eigenvalue weighted by Crippen LogP contribution is 2.21. The predicted molar refractivity (Wildman–Crippen MR) is 72.0 cm³/mol. The summed E-state index contributed by atoms with van der Waals surface area (Å²) in [6, 6.07) is 14.2. The quantitative estimate of drug-likeness (QED) is 0.829. The fourth-order valence-corrected chi connectivity index (χ4v) is 2.02. The van der Waals surface area contributed by atoms with E-state index >= 15 is 0 Å². The van der Waals surface area contributed by atoms with Crippen LogP contribution in [0.2, 0.25) is 0 Å². The lowest BCUT2D eigenvalue weighted by molar-refractivity contribution is 0.103. The Kier molecular flexibility index (Phi) is 3.78. The summed E-state index contributed by atoms with van der Waals surface area (Å²) in [5, 5.41) is 9.51. The molecule has 0 amide bonds. The van der Waals surface area contributed by atoms with E-state index in [2.05, 4.69) is 6.92 Å². The van der Waals surface area contributed by atoms with Gasteiger partial charge in [0.25, 0.3) is 0 Å². The van der Waals surface area contributed by atoms with E-state index in [4.69, 9.17) is 0 Å². The van der Waals surface area contributed by atoms with Gasteiger partial charge in [-0.15, -0.1) is 0 Å². The van der Waals surface area contributed by atoms with Crippen LogP contribution in [0.3, 0.4) is 0 Å². The molecule has 2 aromatic rings. The average molecular weight is 240 g/mol. The summed E-state index contributed by atoms with van der Waals surface area (Å²) in [7, 11) is 0. The van der Waals surface area contributed by atoms with E-state index in [-0.39, 0.29) is 11.5 Å². The number of phenolic OH excluding ortho intramolecular Hbond substituents is 1. The molecule has 0 aliphatic heterocycles. The topological polar surface area (TPSA) is 37.3 Å². The molecule has 92 valence electrons. The second kappa shape index (κ2) is 5.50. The molecule has 0 heterocycles. The van der Waals surface area contributed by atoms with Crippen molar-refractivity contribution in [2.24, 2.45) is 0 Å². The molecule has 2 aromatic carbocycles. The number of ketones is 1. The molecule has 0 atom stereocenters. The van der Waals surface area contributed by atoms with Gasteiger partial charge in [-0.25, -0.2) is 0 Å². The highest BCUT2D eigenvalue weighted by molar-refractivity contribution is 6.10. The molecule has 0 aliphatic carbocycles. The van der Waals surface area contributed by atoms with Crippen LogP contribution in [-0.2, 0) is 6.42 Å². The van der Waals surface area contributed by atoms with Crippen LogP contribution in [-0.4, -0.2) is 10.9 Å². The standard InChI is InChI=1S/C16H16O2/c1-2-6-13-11-14(17)9-10-15(13)16(18)12-7-4-3-5-8-12/h3-5,7-11,17H,2,6H2,1H3. The summed E-state index contributed by atoms with van der Waals surface area (Å²) in [6.45, 7) is 2.06. The molecule has 0 aromatic heterocycles. The summed E-state index contributed by atoms with van der Waals surface area (Å²) < 4.78 is 0. The molecule has 0 bridgehead atoms. The van der Waals surface area contributed by atoms with Gasteiger partial charge < -0.3 is 5.11 Å². The maximum Gasteiger partial charge on any atom is 0.193 e. The molecule has 0 radical (unpaired) electrons. The van der Waals surface area contributed by atoms with Gasteiger partial charge in [-0.1, -0.05) is 43.7 Å². The minimum Gasteiger partial charge on any atom is -0.508 e. The highest BCUT2D eigenvalue weighted by Gasteiger charge is 2.13. The molecular weight excluding hydrogens is 224 g/mol. The third-order valence-electron chi connectivity index (χ3n) is 2.89. The van der Waals surface area contributed by atoms with Crippen molar-refractivity contribution >= 4 is 5.78 Å². The first-order valence-electron chi connectivity index (χ1n) is 6.14. The first-order valence-corrected chi connectivity index (χ1v) is 6.14. The minimum absolute atomic E-state index is 0.0130. The third kappa shape index (κ3) is 2.59. The van der Waals surface area contributed by atoms with Crippen molar-refractivity contribution in [3.8, 4) is 5.75 Å². The molecule has 2 rings (SSSR count). The number of phenols is 1. The number of aryl methyl sites for hydroxylation is 1. The number of hydrogen-bond acceptors (Lipinski definition) is 2. The van der Waals surface area contributed by atoms with Crippen molar-refractivity contribution in [3.63, 3.8) is 0 Å². The third-order valence-corrected chi connectivity index (χ3v) is 2.89. The van der Waals surface area contributed by atoms with Gasteiger partial charge in [-0.2, -0.15) is 0 Å². The van der Waals surface area contributed by atoms with Crippen molar-refractivity contribution in [3.05, 3.63) is 65.2 Å². The molecule has 2 nitrogen and oxygen atoms in total. The van der Waals surface area contributed by atoms with Crippen LogP contribution < -0.4 is 0 Å². The Bertz CT molecular complexity index is 544. The van der Waals surface area contributed by atoms with Crippen LogP contribution in [0, 0.1) is 0 Å². The van der Waals surface area contributed by atoms with Crippen molar-refractivity contribution < 1.29 is 9.90 Å². The number of carbonyl (C=O) groups is 1. The lowest BCUT2D eigenvalue weighted by Gasteiger charge is -2.08. The van der Waals surface area contributed by atoms with E-state index in [0.717, 1.165) is 18.4 Å². The Morgan fingerprint density at radius 3 is 2.50 bits per heavy atom. The van der Waals surface area contributed by atoms with Crippen LogP contribution in [0.15, 0.2) is 48.5 Å². The molecule has 0 fully saturated rings. The van der Waals surface area contributed by atoms with Crippen molar-refractivity contribution in [2.45, 2.75) is 19.8 Å². The highest BCUT2D eigenvalue weighted by atomic mass is 16.3. The number of benzene rings is 2. The summed E-state index contributed by atoms with van der Waals surface area (Å²) in [5.41, 5.74) is 2.27. The molecular formula is C16H16O2. The van der Waals surface area contributed by atoms with E-state index in [0.29, 0.717) is 11.1 Å². The number of aromatic hydroxyl groups is 1. The summed E-state index contributed by atoms with van der Waals surface area (Å²) in [6.07, 6.45) is 1.74. The van der Waals surface area contributed by atoms with Gasteiger partial charge in [-0.3, -0.25) is 4.79 Å². The zero-order valence-corrected chi connectivity index (χ0v) is 10.4. The number of rotatable bonds is 4. The van der Waals surface area contributed by atoms with E-state index in [1.54, 1.807) is 18.2 Å². The Balaban J connectivity index is 2.41. The van der Waals surface area contributed by atoms with Gasteiger partial charge in [0, 0.05) is 11.1 Å². The lowest BCUT2D eigenvalue weighted by atomic mass is 9.96. The molecule has 2 heteroatoms. The second-order valence-electron chi connectivity index (χ2n) is 4.29. The summed E-state index contributed by atoms with van der Waals surface area (Å²) in [5.74, 6) is 0.224. The van der Waals surface area contributed by atoms with Crippen LogP contribution in [0.5, 0.6) is 5.75 Å². The fourth-order valence-electron chi connectivity index (χ4n) is 2.02. The molecule has 0 saturated carbocycles. The number of hydrogen-bond donors (Lipinski definition) is 1. The smallest absolute Gasteiger partial charge is 0.193 e. The molecule has 0 spiro atoms. The van der Waals surface area contributed by atoms with Crippen molar-refractivity contribution in [2.75, 3.05) is 0 Å². The van der Waals surface area contributed by atoms with Gasteiger partial charge >= 0.3 is 0 Å². The minimum atomic E-state index is 0.0130. The molecule has 0 saturated heterocycles. The predicted octanol–water partition coefficient (Wildman–Crippen LogP) is 3.58. The SMILES string of the molecule is CCCc1cc(O)ccc1C(=O)c1ccccc1. The molecule has 0 aliphatic rings. The largest absolute Gasteiger partial charge is 0.508 e. The maximum absolute atomic E-state index is 12.4. The Morgan fingerprint density at radius 2 is 1.83 bits per heavy atom. The molecule has 0 unspecified atom stereocenters. The zero-order valence-electron chi connectivity index (χ0n) is 10.4. The first-order chi connectivity index (χ1) is 8.72. The summed E-state index contributed by atoms with van der Waals surface area (Å²) >= 11 is 0. The molecule has 1 N–H and O–H groups in total. The van der Waals surface area contributed by atoms with Crippen molar-refractivity contribution in [1.82, 2.24) is 0 Å². The van der Waals surface area contributed by atoms with Gasteiger partial charge in [0.15, 0.2) is 5.78 Å².